The molecule has 3 nitrogen and oxygen atoms in total. The molecule has 2 atom stereocenters. The zero-order valence-electron chi connectivity index (χ0n) is 14.5. The van der Waals surface area contributed by atoms with Gasteiger partial charge in [0.25, 0.3) is 0 Å². The smallest absolute Gasteiger partial charge is 0.207 e. The predicted octanol–water partition coefficient (Wildman–Crippen LogP) is 4.85. The lowest BCUT2D eigenvalue weighted by molar-refractivity contribution is 0.580. The van der Waals surface area contributed by atoms with Crippen LogP contribution in [0.5, 0.6) is 0 Å². The second-order valence-corrected chi connectivity index (χ2v) is 9.91. The van der Waals surface area contributed by atoms with Crippen molar-refractivity contribution in [1.29, 1.82) is 0 Å². The van der Waals surface area contributed by atoms with Gasteiger partial charge in [-0.1, -0.05) is 58.4 Å². The van der Waals surface area contributed by atoms with Crippen molar-refractivity contribution in [1.82, 2.24) is 4.72 Å². The molecule has 0 spiro atoms. The molecule has 2 aliphatic carbocycles. The third-order valence-electron chi connectivity index (χ3n) is 5.45. The normalized spacial score (nSPS) is 20.2. The van der Waals surface area contributed by atoms with Gasteiger partial charge in [-0.25, -0.2) is 13.1 Å². The van der Waals surface area contributed by atoms with Crippen molar-refractivity contribution in [2.45, 2.75) is 29.7 Å². The molecule has 0 bridgehead atoms. The van der Waals surface area contributed by atoms with Crippen molar-refractivity contribution in [3.63, 3.8) is 0 Å². The van der Waals surface area contributed by atoms with Gasteiger partial charge in [0.1, 0.15) is 0 Å². The van der Waals surface area contributed by atoms with E-state index in [-0.39, 0.29) is 12.0 Å². The number of sulfonamides is 1. The van der Waals surface area contributed by atoms with Crippen LogP contribution in [0.1, 0.15) is 29.0 Å². The van der Waals surface area contributed by atoms with Crippen molar-refractivity contribution < 1.29 is 8.42 Å². The summed E-state index contributed by atoms with van der Waals surface area (Å²) in [7, 11) is -3.51. The predicted molar refractivity (Wildman–Crippen MR) is 110 cm³/mol. The van der Waals surface area contributed by atoms with Crippen LogP contribution in [0.25, 0.3) is 11.1 Å². The van der Waals surface area contributed by atoms with Crippen molar-refractivity contribution in [3.05, 3.63) is 87.9 Å². The molecule has 1 fully saturated rings. The summed E-state index contributed by atoms with van der Waals surface area (Å²) in [5.41, 5.74) is 5.82. The summed E-state index contributed by atoms with van der Waals surface area (Å²) in [5, 5.41) is 0. The lowest BCUT2D eigenvalue weighted by Gasteiger charge is -2.09. The molecule has 136 valence electrons. The molecule has 3 aromatic rings. The molecule has 1 saturated carbocycles. The van der Waals surface area contributed by atoms with Crippen molar-refractivity contribution in [2.24, 2.45) is 0 Å². The maximum absolute atomic E-state index is 12.9. The lowest BCUT2D eigenvalue weighted by Crippen LogP contribution is -2.27. The van der Waals surface area contributed by atoms with Crippen LogP contribution in [0.4, 0.5) is 0 Å². The van der Waals surface area contributed by atoms with Gasteiger partial charge in [0.05, 0.1) is 4.90 Å². The SMILES string of the molecule is O=S(=O)(N[C@H]1C[C@@H]1c1ccccc1)c1ccc2c(c1)Cc1cc(Br)ccc1-2. The molecule has 5 heteroatoms. The van der Waals surface area contributed by atoms with Gasteiger partial charge in [0.2, 0.25) is 10.0 Å². The van der Waals surface area contributed by atoms with Crippen LogP contribution < -0.4 is 4.72 Å². The highest BCUT2D eigenvalue weighted by Gasteiger charge is 2.41. The zero-order chi connectivity index (χ0) is 18.6. The summed E-state index contributed by atoms with van der Waals surface area (Å²) >= 11 is 3.51. The third-order valence-corrected chi connectivity index (χ3v) is 7.43. The van der Waals surface area contributed by atoms with Crippen LogP contribution >= 0.6 is 15.9 Å². The zero-order valence-corrected chi connectivity index (χ0v) is 16.9. The van der Waals surface area contributed by atoms with E-state index >= 15 is 0 Å². The molecule has 0 saturated heterocycles. The Kier molecular flexibility index (Phi) is 4.00. The Morgan fingerprint density at radius 2 is 1.59 bits per heavy atom. The Morgan fingerprint density at radius 1 is 0.889 bits per heavy atom. The van der Waals surface area contributed by atoms with Crippen molar-refractivity contribution in [2.75, 3.05) is 0 Å². The molecule has 1 N–H and O–H groups in total. The number of halogens is 1. The monoisotopic (exact) mass is 439 g/mol. The van der Waals surface area contributed by atoms with Crippen LogP contribution in [0.15, 0.2) is 76.1 Å². The Hall–Kier alpha value is -1.95. The van der Waals surface area contributed by atoms with Gasteiger partial charge in [0.15, 0.2) is 0 Å². The van der Waals surface area contributed by atoms with E-state index < -0.39 is 10.0 Å². The third kappa shape index (κ3) is 3.14. The fraction of sp³-hybridized carbons (Fsp3) is 0.182. The van der Waals surface area contributed by atoms with E-state index in [4.69, 9.17) is 0 Å². The summed E-state index contributed by atoms with van der Waals surface area (Å²) in [6.45, 7) is 0. The molecule has 0 amide bonds. The van der Waals surface area contributed by atoms with Gasteiger partial charge in [-0.2, -0.15) is 0 Å². The highest BCUT2D eigenvalue weighted by atomic mass is 79.9. The Bertz CT molecular complexity index is 1140. The van der Waals surface area contributed by atoms with E-state index in [1.54, 1.807) is 6.07 Å². The molecule has 0 radical (unpaired) electrons. The maximum atomic E-state index is 12.9. The first-order chi connectivity index (χ1) is 13.0. The van der Waals surface area contributed by atoms with E-state index in [0.29, 0.717) is 4.90 Å². The fourth-order valence-corrected chi connectivity index (χ4v) is 5.73. The fourth-order valence-electron chi connectivity index (χ4n) is 3.98. The summed E-state index contributed by atoms with van der Waals surface area (Å²) < 4.78 is 29.7. The molecule has 0 unspecified atom stereocenters. The number of nitrogens with one attached hydrogen (secondary N) is 1. The van der Waals surface area contributed by atoms with Crippen LogP contribution in [0, 0.1) is 0 Å². The largest absolute Gasteiger partial charge is 0.240 e. The maximum Gasteiger partial charge on any atom is 0.240 e. The molecule has 0 heterocycles. The highest BCUT2D eigenvalue weighted by molar-refractivity contribution is 9.10. The molecule has 0 aliphatic heterocycles. The van der Waals surface area contributed by atoms with Crippen LogP contribution in [-0.4, -0.2) is 14.5 Å². The summed E-state index contributed by atoms with van der Waals surface area (Å²) in [6.07, 6.45) is 1.62. The molecule has 5 rings (SSSR count). The van der Waals surface area contributed by atoms with Crippen LogP contribution in [0.3, 0.4) is 0 Å². The molecule has 27 heavy (non-hydrogen) atoms. The van der Waals surface area contributed by atoms with Crippen LogP contribution in [0.2, 0.25) is 0 Å². The minimum absolute atomic E-state index is 0.0150. The quantitative estimate of drug-likeness (QED) is 0.493. The van der Waals surface area contributed by atoms with Gasteiger partial charge in [-0.15, -0.1) is 0 Å². The Morgan fingerprint density at radius 3 is 2.37 bits per heavy atom. The molecule has 3 aromatic carbocycles. The van der Waals surface area contributed by atoms with E-state index in [9.17, 15) is 8.42 Å². The van der Waals surface area contributed by atoms with Gasteiger partial charge in [-0.3, -0.25) is 0 Å². The van der Waals surface area contributed by atoms with Gasteiger partial charge in [0, 0.05) is 16.4 Å². The summed E-state index contributed by atoms with van der Waals surface area (Å²) in [4.78, 5) is 0.354. The number of hydrogen-bond donors (Lipinski definition) is 1. The number of benzene rings is 3. The number of fused-ring (bicyclic) bond motifs is 3. The second kappa shape index (κ2) is 6.30. The molecular weight excluding hydrogens is 422 g/mol. The number of hydrogen-bond acceptors (Lipinski definition) is 2. The van der Waals surface area contributed by atoms with E-state index in [1.165, 1.54) is 16.7 Å². The van der Waals surface area contributed by atoms with Crippen molar-refractivity contribution >= 4 is 26.0 Å². The molecule has 2 aliphatic rings. The van der Waals surface area contributed by atoms with Crippen LogP contribution in [-0.2, 0) is 16.4 Å². The Balaban J connectivity index is 1.38. The lowest BCUT2D eigenvalue weighted by atomic mass is 10.1. The molecular formula is C22H18BrNO2S. The van der Waals surface area contributed by atoms with Gasteiger partial charge >= 0.3 is 0 Å². The summed E-state index contributed by atoms with van der Waals surface area (Å²) in [5.74, 6) is 0.275. The Labute approximate surface area is 167 Å². The van der Waals surface area contributed by atoms with Gasteiger partial charge < -0.3 is 0 Å². The van der Waals surface area contributed by atoms with E-state index in [0.717, 1.165) is 28.4 Å². The first kappa shape index (κ1) is 17.2. The minimum atomic E-state index is -3.51. The molecule has 0 aromatic heterocycles. The first-order valence-corrected chi connectivity index (χ1v) is 11.3. The average molecular weight is 440 g/mol. The number of rotatable bonds is 4. The van der Waals surface area contributed by atoms with E-state index in [2.05, 4.69) is 44.9 Å². The average Bonchev–Trinajstić information content (AvgIpc) is 3.31. The first-order valence-electron chi connectivity index (χ1n) is 9.00. The topological polar surface area (TPSA) is 46.2 Å². The minimum Gasteiger partial charge on any atom is -0.207 e. The second-order valence-electron chi connectivity index (χ2n) is 7.28. The van der Waals surface area contributed by atoms with E-state index in [1.807, 2.05) is 36.4 Å². The highest BCUT2D eigenvalue weighted by Crippen LogP contribution is 2.42. The summed E-state index contributed by atoms with van der Waals surface area (Å²) in [6, 6.07) is 21.8. The van der Waals surface area contributed by atoms with Crippen molar-refractivity contribution in [3.8, 4) is 11.1 Å². The van der Waals surface area contributed by atoms with Gasteiger partial charge in [-0.05, 0) is 64.9 Å². The standard InChI is InChI=1S/C22H18BrNO2S/c23-17-6-8-19-15(11-17)10-16-12-18(7-9-20(16)19)27(25,26)24-22-13-21(22)14-4-2-1-3-5-14/h1-9,11-12,21-22,24H,10,13H2/t21-,22+/m1/s1.